The largest absolute Gasteiger partial charge is 0.395 e. The first kappa shape index (κ1) is 16.5. The smallest absolute Gasteiger partial charge is 0.254 e. The number of nitrogens with one attached hydrogen (secondary N) is 1. The van der Waals surface area contributed by atoms with Crippen LogP contribution >= 0.6 is 0 Å². The topological polar surface area (TPSA) is 52.6 Å². The summed E-state index contributed by atoms with van der Waals surface area (Å²) in [5.74, 6) is 0.461. The number of benzene rings is 1. The summed E-state index contributed by atoms with van der Waals surface area (Å²) in [5.41, 5.74) is 2.63. The van der Waals surface area contributed by atoms with Gasteiger partial charge in [-0.1, -0.05) is 19.9 Å². The fourth-order valence-corrected chi connectivity index (χ4v) is 1.89. The molecule has 1 aromatic carbocycles. The van der Waals surface area contributed by atoms with Gasteiger partial charge in [0.25, 0.3) is 5.91 Å². The van der Waals surface area contributed by atoms with Gasteiger partial charge in [-0.05, 0) is 37.5 Å². The SMILES string of the molecule is Cc1c(NC(C)C(C)C)cccc1C(=O)N(C)CCO. The van der Waals surface area contributed by atoms with Crippen molar-refractivity contribution in [2.75, 3.05) is 25.5 Å². The molecule has 112 valence electrons. The molecule has 20 heavy (non-hydrogen) atoms. The van der Waals surface area contributed by atoms with Crippen LogP contribution in [0.2, 0.25) is 0 Å². The first-order valence-corrected chi connectivity index (χ1v) is 7.11. The summed E-state index contributed by atoms with van der Waals surface area (Å²) in [6.45, 7) is 8.74. The normalized spacial score (nSPS) is 12.3. The van der Waals surface area contributed by atoms with E-state index in [4.69, 9.17) is 5.11 Å². The van der Waals surface area contributed by atoms with E-state index in [9.17, 15) is 4.79 Å². The summed E-state index contributed by atoms with van der Waals surface area (Å²) in [6.07, 6.45) is 0. The van der Waals surface area contributed by atoms with Crippen LogP contribution < -0.4 is 5.32 Å². The van der Waals surface area contributed by atoms with Gasteiger partial charge < -0.3 is 15.3 Å². The molecule has 0 saturated carbocycles. The number of carbonyl (C=O) groups excluding carboxylic acids is 1. The van der Waals surface area contributed by atoms with Crippen molar-refractivity contribution in [1.82, 2.24) is 4.90 Å². The molecule has 0 aliphatic heterocycles. The molecule has 0 fully saturated rings. The number of hydrogen-bond donors (Lipinski definition) is 2. The van der Waals surface area contributed by atoms with Crippen molar-refractivity contribution >= 4 is 11.6 Å². The second-order valence-corrected chi connectivity index (χ2v) is 5.61. The number of carbonyl (C=O) groups is 1. The molecule has 1 atom stereocenters. The molecule has 0 aliphatic carbocycles. The fraction of sp³-hybridized carbons (Fsp3) is 0.562. The number of aliphatic hydroxyl groups excluding tert-OH is 1. The van der Waals surface area contributed by atoms with E-state index in [2.05, 4.69) is 26.1 Å². The second kappa shape index (κ2) is 7.29. The van der Waals surface area contributed by atoms with Crippen molar-refractivity contribution < 1.29 is 9.90 Å². The van der Waals surface area contributed by atoms with E-state index in [1.807, 2.05) is 25.1 Å². The predicted molar refractivity (Wildman–Crippen MR) is 83.1 cm³/mol. The number of aliphatic hydroxyl groups is 1. The first-order chi connectivity index (χ1) is 9.38. The maximum absolute atomic E-state index is 12.3. The summed E-state index contributed by atoms with van der Waals surface area (Å²) in [4.78, 5) is 13.9. The number of amides is 1. The van der Waals surface area contributed by atoms with Gasteiger partial charge in [0.05, 0.1) is 6.61 Å². The highest BCUT2D eigenvalue weighted by atomic mass is 16.3. The molecule has 0 saturated heterocycles. The van der Waals surface area contributed by atoms with Crippen LogP contribution in [0.5, 0.6) is 0 Å². The number of anilines is 1. The average Bonchev–Trinajstić information content (AvgIpc) is 2.40. The molecule has 1 unspecified atom stereocenters. The molecule has 0 heterocycles. The molecule has 1 aromatic rings. The van der Waals surface area contributed by atoms with Gasteiger partial charge in [-0.15, -0.1) is 0 Å². The van der Waals surface area contributed by atoms with Crippen molar-refractivity contribution in [3.8, 4) is 0 Å². The first-order valence-electron chi connectivity index (χ1n) is 7.11. The van der Waals surface area contributed by atoms with Crippen LogP contribution in [0.4, 0.5) is 5.69 Å². The van der Waals surface area contributed by atoms with Crippen molar-refractivity contribution in [1.29, 1.82) is 0 Å². The molecule has 4 nitrogen and oxygen atoms in total. The minimum absolute atomic E-state index is 0.0242. The summed E-state index contributed by atoms with van der Waals surface area (Å²) < 4.78 is 0. The van der Waals surface area contributed by atoms with E-state index in [1.165, 1.54) is 4.90 Å². The summed E-state index contributed by atoms with van der Waals surface area (Å²) in [7, 11) is 1.70. The van der Waals surface area contributed by atoms with Crippen molar-refractivity contribution in [3.63, 3.8) is 0 Å². The van der Waals surface area contributed by atoms with Crippen molar-refractivity contribution in [2.45, 2.75) is 33.7 Å². The Labute approximate surface area is 121 Å². The lowest BCUT2D eigenvalue weighted by Gasteiger charge is -2.22. The maximum Gasteiger partial charge on any atom is 0.254 e. The molecule has 0 radical (unpaired) electrons. The van der Waals surface area contributed by atoms with E-state index in [0.29, 0.717) is 24.1 Å². The van der Waals surface area contributed by atoms with Crippen LogP contribution in [-0.4, -0.2) is 42.2 Å². The molecule has 0 bridgehead atoms. The second-order valence-electron chi connectivity index (χ2n) is 5.61. The van der Waals surface area contributed by atoms with Gasteiger partial charge in [0.15, 0.2) is 0 Å². The zero-order valence-electron chi connectivity index (χ0n) is 13.1. The van der Waals surface area contributed by atoms with Crippen LogP contribution in [0, 0.1) is 12.8 Å². The van der Waals surface area contributed by atoms with Crippen LogP contribution in [0.1, 0.15) is 36.7 Å². The molecule has 0 aromatic heterocycles. The molecule has 1 rings (SSSR count). The third-order valence-corrected chi connectivity index (χ3v) is 3.73. The van der Waals surface area contributed by atoms with Gasteiger partial charge in [-0.25, -0.2) is 0 Å². The van der Waals surface area contributed by atoms with E-state index in [-0.39, 0.29) is 12.5 Å². The van der Waals surface area contributed by atoms with Crippen molar-refractivity contribution in [3.05, 3.63) is 29.3 Å². The Kier molecular flexibility index (Phi) is 6.02. The summed E-state index contributed by atoms with van der Waals surface area (Å²) >= 11 is 0. The number of likely N-dealkylation sites (N-methyl/N-ethyl adjacent to an activating group) is 1. The Morgan fingerprint density at radius 3 is 2.55 bits per heavy atom. The zero-order chi connectivity index (χ0) is 15.3. The van der Waals surface area contributed by atoms with Crippen molar-refractivity contribution in [2.24, 2.45) is 5.92 Å². The zero-order valence-corrected chi connectivity index (χ0v) is 13.1. The van der Waals surface area contributed by atoms with E-state index < -0.39 is 0 Å². The third kappa shape index (κ3) is 3.97. The molecule has 0 spiro atoms. The summed E-state index contributed by atoms with van der Waals surface area (Å²) in [5, 5.41) is 12.4. The average molecular weight is 278 g/mol. The number of hydrogen-bond acceptors (Lipinski definition) is 3. The minimum atomic E-state index is -0.0580. The number of nitrogens with zero attached hydrogens (tertiary/aromatic N) is 1. The monoisotopic (exact) mass is 278 g/mol. The van der Waals surface area contributed by atoms with Gasteiger partial charge in [0.1, 0.15) is 0 Å². The third-order valence-electron chi connectivity index (χ3n) is 3.73. The van der Waals surface area contributed by atoms with Crippen LogP contribution in [0.25, 0.3) is 0 Å². The molecular formula is C16H26N2O2. The van der Waals surface area contributed by atoms with E-state index in [0.717, 1.165) is 11.3 Å². The Morgan fingerprint density at radius 2 is 2.00 bits per heavy atom. The Hall–Kier alpha value is -1.55. The Morgan fingerprint density at radius 1 is 1.35 bits per heavy atom. The molecule has 0 aliphatic rings. The van der Waals surface area contributed by atoms with E-state index >= 15 is 0 Å². The molecule has 1 amide bonds. The quantitative estimate of drug-likeness (QED) is 0.840. The Bertz CT molecular complexity index is 458. The number of rotatable bonds is 6. The van der Waals surface area contributed by atoms with Gasteiger partial charge in [0.2, 0.25) is 0 Å². The van der Waals surface area contributed by atoms with Crippen LogP contribution in [0.15, 0.2) is 18.2 Å². The molecular weight excluding hydrogens is 252 g/mol. The molecule has 4 heteroatoms. The van der Waals surface area contributed by atoms with E-state index in [1.54, 1.807) is 7.05 Å². The summed E-state index contributed by atoms with van der Waals surface area (Å²) in [6, 6.07) is 6.06. The standard InChI is InChI=1S/C16H26N2O2/c1-11(2)13(4)17-15-8-6-7-14(12(15)3)16(20)18(5)9-10-19/h6-8,11,13,17,19H,9-10H2,1-5H3. The van der Waals surface area contributed by atoms with Gasteiger partial charge in [-0.2, -0.15) is 0 Å². The van der Waals surface area contributed by atoms with Crippen LogP contribution in [-0.2, 0) is 0 Å². The highest BCUT2D eigenvalue weighted by Gasteiger charge is 2.16. The molecule has 2 N–H and O–H groups in total. The van der Waals surface area contributed by atoms with Gasteiger partial charge in [-0.3, -0.25) is 4.79 Å². The lowest BCUT2D eigenvalue weighted by Crippen LogP contribution is -2.30. The van der Waals surface area contributed by atoms with Gasteiger partial charge >= 0.3 is 0 Å². The maximum atomic E-state index is 12.3. The fourth-order valence-electron chi connectivity index (χ4n) is 1.89. The lowest BCUT2D eigenvalue weighted by molar-refractivity contribution is 0.0766. The minimum Gasteiger partial charge on any atom is -0.395 e. The highest BCUT2D eigenvalue weighted by molar-refractivity contribution is 5.96. The predicted octanol–water partition coefficient (Wildman–Crippen LogP) is 2.52. The lowest BCUT2D eigenvalue weighted by atomic mass is 10.0. The van der Waals surface area contributed by atoms with Gasteiger partial charge in [0, 0.05) is 30.9 Å². The Balaban J connectivity index is 2.98. The van der Waals surface area contributed by atoms with Crippen LogP contribution in [0.3, 0.4) is 0 Å². The highest BCUT2D eigenvalue weighted by Crippen LogP contribution is 2.22.